The van der Waals surface area contributed by atoms with Crippen molar-refractivity contribution in [2.45, 2.75) is 115 Å². The predicted octanol–water partition coefficient (Wildman–Crippen LogP) is 6.19. The number of carbonyl (C=O) groups is 1. The van der Waals surface area contributed by atoms with Gasteiger partial charge in [-0.1, -0.05) is 5.16 Å². The number of aryl methyl sites for hydroxylation is 1. The molecule has 0 aromatic carbocycles. The Balaban J connectivity index is 1.27. The van der Waals surface area contributed by atoms with E-state index in [1.165, 1.54) is 16.2 Å². The lowest BCUT2D eigenvalue weighted by Crippen LogP contribution is -2.38. The lowest BCUT2D eigenvalue weighted by Gasteiger charge is -2.39. The lowest BCUT2D eigenvalue weighted by atomic mass is 9.63. The minimum atomic E-state index is -0.562. The third-order valence-corrected chi connectivity index (χ3v) is 11.6. The van der Waals surface area contributed by atoms with Crippen LogP contribution in [0.25, 0.3) is 11.5 Å². The van der Waals surface area contributed by atoms with Crippen molar-refractivity contribution in [1.82, 2.24) is 24.9 Å². The Kier molecular flexibility index (Phi) is 8.20. The van der Waals surface area contributed by atoms with Gasteiger partial charge in [-0.25, -0.2) is 9.78 Å². The van der Waals surface area contributed by atoms with Gasteiger partial charge in [-0.3, -0.25) is 4.90 Å². The monoisotopic (exact) mass is 659 g/mol. The molecule has 0 bridgehead atoms. The molecule has 250 valence electrons. The number of likely N-dealkylation sites (tertiary alicyclic amines) is 2. The van der Waals surface area contributed by atoms with Gasteiger partial charge in [0.15, 0.2) is 17.3 Å². The van der Waals surface area contributed by atoms with Gasteiger partial charge in [-0.2, -0.15) is 10.2 Å². The van der Waals surface area contributed by atoms with Gasteiger partial charge in [0.05, 0.1) is 16.7 Å². The third kappa shape index (κ3) is 5.75. The smallest absolute Gasteiger partial charge is 0.410 e. The van der Waals surface area contributed by atoms with Crippen LogP contribution in [0.3, 0.4) is 0 Å². The zero-order valence-corrected chi connectivity index (χ0v) is 28.9. The topological polar surface area (TPSA) is 144 Å². The normalized spacial score (nSPS) is 25.0. The number of ether oxygens (including phenoxy) is 2. The number of nitrogens with two attached hydrogens (primary N) is 1. The average Bonchev–Trinajstić information content (AvgIpc) is 3.82. The molecule has 0 radical (unpaired) electrons. The second-order valence-electron chi connectivity index (χ2n) is 14.8. The molecule has 0 unspecified atom stereocenters. The summed E-state index contributed by atoms with van der Waals surface area (Å²) in [4.78, 5) is 28.3. The van der Waals surface area contributed by atoms with Gasteiger partial charge in [0, 0.05) is 41.6 Å². The molecule has 11 nitrogen and oxygen atoms in total. The van der Waals surface area contributed by atoms with E-state index < -0.39 is 11.0 Å². The summed E-state index contributed by atoms with van der Waals surface area (Å²) in [5.41, 5.74) is 9.46. The lowest BCUT2D eigenvalue weighted by molar-refractivity contribution is 0.0292. The molecule has 2 aliphatic carbocycles. The first-order valence-electron chi connectivity index (χ1n) is 17.0. The Morgan fingerprint density at radius 3 is 2.70 bits per heavy atom. The fourth-order valence-electron chi connectivity index (χ4n) is 8.33. The number of amides is 1. The average molecular weight is 660 g/mol. The molecule has 5 heterocycles. The molecule has 0 saturated carbocycles. The maximum atomic E-state index is 12.9. The van der Waals surface area contributed by atoms with Crippen molar-refractivity contribution in [3.05, 3.63) is 39.1 Å². The van der Waals surface area contributed by atoms with Gasteiger partial charge in [0.2, 0.25) is 5.88 Å². The number of nitriles is 1. The van der Waals surface area contributed by atoms with E-state index in [1.807, 2.05) is 26.8 Å². The summed E-state index contributed by atoms with van der Waals surface area (Å²) in [5.74, 6) is 1.80. The predicted molar refractivity (Wildman–Crippen MR) is 179 cm³/mol. The first-order valence-corrected chi connectivity index (χ1v) is 17.8. The Labute approximate surface area is 280 Å². The van der Waals surface area contributed by atoms with E-state index in [0.29, 0.717) is 47.1 Å². The first-order chi connectivity index (χ1) is 22.5. The van der Waals surface area contributed by atoms with Crippen LogP contribution in [-0.2, 0) is 23.0 Å². The molecule has 4 aliphatic rings. The summed E-state index contributed by atoms with van der Waals surface area (Å²) in [6, 6.07) is 4.64. The number of aromatic nitrogens is 3. The van der Waals surface area contributed by atoms with E-state index in [4.69, 9.17) is 29.7 Å². The third-order valence-electron chi connectivity index (χ3n) is 10.5. The molecule has 47 heavy (non-hydrogen) atoms. The highest BCUT2D eigenvalue weighted by molar-refractivity contribution is 7.16. The van der Waals surface area contributed by atoms with Crippen LogP contribution in [0.1, 0.15) is 112 Å². The molecule has 1 spiro atoms. The van der Waals surface area contributed by atoms with E-state index >= 15 is 0 Å². The van der Waals surface area contributed by atoms with Crippen molar-refractivity contribution >= 4 is 22.4 Å². The van der Waals surface area contributed by atoms with Crippen molar-refractivity contribution in [3.63, 3.8) is 0 Å². The molecule has 3 aromatic rings. The van der Waals surface area contributed by atoms with Crippen molar-refractivity contribution in [2.24, 2.45) is 0 Å². The van der Waals surface area contributed by atoms with Crippen molar-refractivity contribution in [1.29, 1.82) is 5.26 Å². The molecule has 4 atom stereocenters. The highest BCUT2D eigenvalue weighted by Gasteiger charge is 2.49. The van der Waals surface area contributed by atoms with Crippen LogP contribution in [0.4, 0.5) is 9.80 Å². The molecule has 2 aliphatic heterocycles. The standard InChI is InChI=1S/C35H45N7O4S/c1-20(25-10-8-15-41(25)5)44-27-17-24(21-12-16-42(19-21)33(43)45-34(2,3)4)38-32(39-27)29-22-9-6-13-35(30(22)46-40-29)14-7-11-26-28(35)23(18-36)31(37)47-26/h17,20-21,25H,6-16,19,37H2,1-5H3/t20-,21-,25-,35-/m0/s1. The summed E-state index contributed by atoms with van der Waals surface area (Å²) in [6.07, 6.45) is 8.03. The Morgan fingerprint density at radius 1 is 1.19 bits per heavy atom. The van der Waals surface area contributed by atoms with E-state index in [2.05, 4.69) is 30.1 Å². The van der Waals surface area contributed by atoms with E-state index in [0.717, 1.165) is 86.9 Å². The second kappa shape index (κ2) is 12.1. The highest BCUT2D eigenvalue weighted by Crippen LogP contribution is 2.55. The van der Waals surface area contributed by atoms with Gasteiger partial charge in [0.25, 0.3) is 0 Å². The number of fused-ring (bicyclic) bond motifs is 4. The summed E-state index contributed by atoms with van der Waals surface area (Å²) in [6.45, 7) is 9.90. The van der Waals surface area contributed by atoms with Crippen molar-refractivity contribution < 1.29 is 18.8 Å². The van der Waals surface area contributed by atoms with E-state index in [9.17, 15) is 10.1 Å². The van der Waals surface area contributed by atoms with Crippen LogP contribution >= 0.6 is 11.3 Å². The number of carbonyl (C=O) groups excluding carboxylic acids is 1. The molecule has 2 fully saturated rings. The fraction of sp³-hybridized carbons (Fsp3) is 0.629. The summed E-state index contributed by atoms with van der Waals surface area (Å²) in [5, 5.41) is 15.4. The van der Waals surface area contributed by atoms with E-state index in [1.54, 1.807) is 4.90 Å². The van der Waals surface area contributed by atoms with Crippen molar-refractivity contribution in [2.75, 3.05) is 32.4 Å². The quantitative estimate of drug-likeness (QED) is 0.337. The van der Waals surface area contributed by atoms with Gasteiger partial charge >= 0.3 is 6.09 Å². The molecule has 12 heteroatoms. The van der Waals surface area contributed by atoms with Crippen molar-refractivity contribution in [3.8, 4) is 23.5 Å². The molecule has 2 N–H and O–H groups in total. The van der Waals surface area contributed by atoms with Crippen LogP contribution in [-0.4, -0.2) is 75.4 Å². The molecule has 2 saturated heterocycles. The minimum Gasteiger partial charge on any atom is -0.473 e. The summed E-state index contributed by atoms with van der Waals surface area (Å²) < 4.78 is 18.5. The Bertz CT molecular complexity index is 1720. The fourth-order valence-corrected chi connectivity index (χ4v) is 9.49. The zero-order chi connectivity index (χ0) is 33.1. The van der Waals surface area contributed by atoms with Gasteiger partial charge in [-0.05, 0) is 105 Å². The van der Waals surface area contributed by atoms with Gasteiger partial charge in [-0.15, -0.1) is 11.3 Å². The molecular weight excluding hydrogens is 614 g/mol. The second-order valence-corrected chi connectivity index (χ2v) is 15.9. The van der Waals surface area contributed by atoms with E-state index in [-0.39, 0.29) is 18.1 Å². The van der Waals surface area contributed by atoms with Gasteiger partial charge in [0.1, 0.15) is 22.8 Å². The number of likely N-dealkylation sites (N-methyl/N-ethyl adjacent to an activating group) is 1. The molecule has 1 amide bonds. The summed E-state index contributed by atoms with van der Waals surface area (Å²) in [7, 11) is 2.14. The summed E-state index contributed by atoms with van der Waals surface area (Å²) >= 11 is 1.54. The Hall–Kier alpha value is -3.69. The number of nitrogen functional groups attached to an aromatic ring is 1. The van der Waals surface area contributed by atoms with Crippen LogP contribution in [0, 0.1) is 11.3 Å². The van der Waals surface area contributed by atoms with Gasteiger partial charge < -0.3 is 24.6 Å². The minimum absolute atomic E-state index is 0.00183. The number of nitrogens with zero attached hydrogens (tertiary/aromatic N) is 6. The number of thiophene rings is 1. The number of anilines is 1. The van der Waals surface area contributed by atoms with Crippen LogP contribution in [0.5, 0.6) is 5.88 Å². The largest absolute Gasteiger partial charge is 0.473 e. The molecular formula is C35H45N7O4S. The van der Waals surface area contributed by atoms with Crippen LogP contribution in [0.15, 0.2) is 10.6 Å². The number of hydrogen-bond acceptors (Lipinski definition) is 11. The molecule has 7 rings (SSSR count). The maximum Gasteiger partial charge on any atom is 0.410 e. The highest BCUT2D eigenvalue weighted by atomic mass is 32.1. The number of hydrogen-bond donors (Lipinski definition) is 1. The maximum absolute atomic E-state index is 12.9. The first kappa shape index (κ1) is 31.9. The zero-order valence-electron chi connectivity index (χ0n) is 28.1. The van der Waals surface area contributed by atoms with Crippen LogP contribution < -0.4 is 10.5 Å². The SMILES string of the molecule is C[C@H](Oc1cc([C@H]2CCN(C(=O)OC(C)(C)C)C2)nc(-c2noc3c2CCC[C@@]32CCCc3sc(N)c(C#N)c32)n1)[C@@H]1CCCN1C. The molecule has 3 aromatic heterocycles. The number of rotatable bonds is 5. The van der Waals surface area contributed by atoms with Crippen LogP contribution in [0.2, 0.25) is 0 Å². The Morgan fingerprint density at radius 2 is 1.98 bits per heavy atom.